The third-order valence-electron chi connectivity index (χ3n) is 5.50. The Morgan fingerprint density at radius 3 is 2.18 bits per heavy atom. The van der Waals surface area contributed by atoms with Crippen LogP contribution in [-0.4, -0.2) is 39.5 Å². The first-order chi connectivity index (χ1) is 15.7. The maximum Gasteiger partial charge on any atom is 0.269 e. The second-order valence-corrected chi connectivity index (χ2v) is 9.15. The average molecular weight is 472 g/mol. The number of nitro groups is 1. The smallest absolute Gasteiger partial charge is 0.269 e. The lowest BCUT2D eigenvalue weighted by molar-refractivity contribution is -0.384. The summed E-state index contributed by atoms with van der Waals surface area (Å²) in [6, 6.07) is 13.8. The molecule has 8 heteroatoms. The van der Waals surface area contributed by atoms with Crippen molar-refractivity contribution in [1.82, 2.24) is 10.2 Å². The monoisotopic (exact) mass is 471 g/mol. The summed E-state index contributed by atoms with van der Waals surface area (Å²) < 4.78 is 0. The number of non-ortho nitro benzene ring substituents is 1. The highest BCUT2D eigenvalue weighted by atomic mass is 32.2. The molecule has 0 aliphatic rings. The summed E-state index contributed by atoms with van der Waals surface area (Å²) >= 11 is 1.44. The molecular formula is C25H33N3O4S. The van der Waals surface area contributed by atoms with E-state index in [9.17, 15) is 19.7 Å². The van der Waals surface area contributed by atoms with E-state index in [-0.39, 0.29) is 29.3 Å². The minimum atomic E-state index is -0.548. The topological polar surface area (TPSA) is 92.6 Å². The Hall–Kier alpha value is -2.87. The van der Waals surface area contributed by atoms with Crippen LogP contribution >= 0.6 is 11.8 Å². The standard InChI is InChI=1S/C25H33N3O4S/c1-5-19(4)26-25(30)23(6-2)27(15-20-9-7-18(3)8-10-20)24(29)17-33-16-21-11-13-22(14-12-21)28(31)32/h7-14,19,23H,5-6,15-17H2,1-4H3,(H,26,30)/t19-,23+/m0/s1. The molecule has 2 aromatic rings. The molecule has 2 rings (SSSR count). The number of hydrogen-bond acceptors (Lipinski definition) is 5. The molecule has 7 nitrogen and oxygen atoms in total. The summed E-state index contributed by atoms with van der Waals surface area (Å²) in [6.07, 6.45) is 1.34. The van der Waals surface area contributed by atoms with Gasteiger partial charge in [-0.2, -0.15) is 0 Å². The predicted molar refractivity (Wildman–Crippen MR) is 133 cm³/mol. The van der Waals surface area contributed by atoms with Gasteiger partial charge in [-0.3, -0.25) is 19.7 Å². The highest BCUT2D eigenvalue weighted by Gasteiger charge is 2.29. The number of nitrogens with zero attached hydrogens (tertiary/aromatic N) is 2. The van der Waals surface area contributed by atoms with Gasteiger partial charge in [0.25, 0.3) is 5.69 Å². The molecule has 0 fully saturated rings. The SMILES string of the molecule is CC[C@H](C(=O)N[C@@H](C)CC)N(Cc1ccc(C)cc1)C(=O)CSCc1ccc([N+](=O)[O-])cc1. The second-order valence-electron chi connectivity index (χ2n) is 8.17. The largest absolute Gasteiger partial charge is 0.352 e. The zero-order valence-corrected chi connectivity index (χ0v) is 20.6. The molecule has 0 unspecified atom stereocenters. The number of amides is 2. The quantitative estimate of drug-likeness (QED) is 0.353. The van der Waals surface area contributed by atoms with Crippen LogP contribution in [0.2, 0.25) is 0 Å². The molecule has 2 atom stereocenters. The van der Waals surface area contributed by atoms with E-state index in [2.05, 4.69) is 5.32 Å². The first-order valence-electron chi connectivity index (χ1n) is 11.2. The Kier molecular flexibility index (Phi) is 10.4. The van der Waals surface area contributed by atoms with E-state index in [1.54, 1.807) is 17.0 Å². The van der Waals surface area contributed by atoms with Crippen molar-refractivity contribution in [2.24, 2.45) is 0 Å². The molecular weight excluding hydrogens is 438 g/mol. The second kappa shape index (κ2) is 13.0. The van der Waals surface area contributed by atoms with Gasteiger partial charge in [-0.05, 0) is 37.8 Å². The number of rotatable bonds is 12. The molecule has 1 N–H and O–H groups in total. The van der Waals surface area contributed by atoms with Gasteiger partial charge in [0.15, 0.2) is 0 Å². The Labute approximate surface area is 200 Å². The van der Waals surface area contributed by atoms with Crippen molar-refractivity contribution in [2.75, 3.05) is 5.75 Å². The molecule has 0 bridgehead atoms. The number of benzene rings is 2. The summed E-state index contributed by atoms with van der Waals surface area (Å²) in [5.41, 5.74) is 3.06. The maximum absolute atomic E-state index is 13.2. The van der Waals surface area contributed by atoms with Crippen molar-refractivity contribution in [2.45, 2.75) is 64.9 Å². The van der Waals surface area contributed by atoms with E-state index in [1.165, 1.54) is 23.9 Å². The zero-order valence-electron chi connectivity index (χ0n) is 19.7. The number of thioether (sulfide) groups is 1. The third kappa shape index (κ3) is 8.20. The van der Waals surface area contributed by atoms with Crippen LogP contribution in [0.25, 0.3) is 0 Å². The summed E-state index contributed by atoms with van der Waals surface area (Å²) in [7, 11) is 0. The highest BCUT2D eigenvalue weighted by Crippen LogP contribution is 2.19. The van der Waals surface area contributed by atoms with Crippen LogP contribution in [0.1, 0.15) is 50.3 Å². The van der Waals surface area contributed by atoms with Gasteiger partial charge in [0, 0.05) is 30.5 Å². The fourth-order valence-electron chi connectivity index (χ4n) is 3.30. The van der Waals surface area contributed by atoms with E-state index in [0.717, 1.165) is 23.1 Å². The number of nitrogens with one attached hydrogen (secondary N) is 1. The van der Waals surface area contributed by atoms with E-state index in [1.807, 2.05) is 52.0 Å². The summed E-state index contributed by atoms with van der Waals surface area (Å²) in [5, 5.41) is 13.8. The minimum absolute atomic E-state index is 0.0411. The fourth-order valence-corrected chi connectivity index (χ4v) is 4.17. The number of aryl methyl sites for hydroxylation is 1. The van der Waals surface area contributed by atoms with Crippen molar-refractivity contribution < 1.29 is 14.5 Å². The molecule has 0 aromatic heterocycles. The van der Waals surface area contributed by atoms with E-state index < -0.39 is 11.0 Å². The van der Waals surface area contributed by atoms with Crippen molar-refractivity contribution in [3.63, 3.8) is 0 Å². The Morgan fingerprint density at radius 2 is 1.64 bits per heavy atom. The normalized spacial score (nSPS) is 12.6. The summed E-state index contributed by atoms with van der Waals surface area (Å²) in [4.78, 5) is 38.2. The van der Waals surface area contributed by atoms with E-state index in [4.69, 9.17) is 0 Å². The van der Waals surface area contributed by atoms with Gasteiger partial charge in [-0.1, -0.05) is 55.8 Å². The zero-order chi connectivity index (χ0) is 24.4. The summed E-state index contributed by atoms with van der Waals surface area (Å²) in [5.74, 6) is 0.537. The Bertz CT molecular complexity index is 932. The van der Waals surface area contributed by atoms with Gasteiger partial charge in [0.05, 0.1) is 10.7 Å². The lowest BCUT2D eigenvalue weighted by Gasteiger charge is -2.31. The average Bonchev–Trinajstić information content (AvgIpc) is 2.80. The van der Waals surface area contributed by atoms with Crippen LogP contribution in [0.5, 0.6) is 0 Å². The molecule has 0 aliphatic heterocycles. The van der Waals surface area contributed by atoms with Gasteiger partial charge in [-0.25, -0.2) is 0 Å². The maximum atomic E-state index is 13.2. The van der Waals surface area contributed by atoms with Crippen LogP contribution in [0.15, 0.2) is 48.5 Å². The first-order valence-corrected chi connectivity index (χ1v) is 12.4. The lowest BCUT2D eigenvalue weighted by atomic mass is 10.1. The predicted octanol–water partition coefficient (Wildman–Crippen LogP) is 4.86. The molecule has 178 valence electrons. The molecule has 2 amide bonds. The third-order valence-corrected chi connectivity index (χ3v) is 6.49. The molecule has 0 saturated heterocycles. The molecule has 33 heavy (non-hydrogen) atoms. The van der Waals surface area contributed by atoms with Crippen molar-refractivity contribution in [1.29, 1.82) is 0 Å². The lowest BCUT2D eigenvalue weighted by Crippen LogP contribution is -2.51. The van der Waals surface area contributed by atoms with Gasteiger partial charge >= 0.3 is 0 Å². The Balaban J connectivity index is 2.11. The molecule has 0 heterocycles. The number of carbonyl (C=O) groups excluding carboxylic acids is 2. The van der Waals surface area contributed by atoms with Crippen LogP contribution in [0.4, 0.5) is 5.69 Å². The van der Waals surface area contributed by atoms with Gasteiger partial charge in [0.1, 0.15) is 6.04 Å². The van der Waals surface area contributed by atoms with Crippen LogP contribution in [-0.2, 0) is 21.9 Å². The number of hydrogen-bond donors (Lipinski definition) is 1. The first kappa shape index (κ1) is 26.4. The van der Waals surface area contributed by atoms with Gasteiger partial charge in [0.2, 0.25) is 11.8 Å². The van der Waals surface area contributed by atoms with Crippen LogP contribution in [0.3, 0.4) is 0 Å². The molecule has 0 radical (unpaired) electrons. The fraction of sp³-hybridized carbons (Fsp3) is 0.440. The van der Waals surface area contributed by atoms with Gasteiger partial charge in [-0.15, -0.1) is 11.8 Å². The van der Waals surface area contributed by atoms with Crippen molar-refractivity contribution in [3.8, 4) is 0 Å². The highest BCUT2D eigenvalue weighted by molar-refractivity contribution is 7.99. The number of carbonyl (C=O) groups is 2. The molecule has 0 spiro atoms. The van der Waals surface area contributed by atoms with E-state index in [0.29, 0.717) is 18.7 Å². The minimum Gasteiger partial charge on any atom is -0.352 e. The molecule has 0 aliphatic carbocycles. The van der Waals surface area contributed by atoms with Crippen molar-refractivity contribution in [3.05, 3.63) is 75.3 Å². The van der Waals surface area contributed by atoms with Crippen LogP contribution in [0, 0.1) is 17.0 Å². The Morgan fingerprint density at radius 1 is 1.03 bits per heavy atom. The van der Waals surface area contributed by atoms with E-state index >= 15 is 0 Å². The van der Waals surface area contributed by atoms with Crippen LogP contribution < -0.4 is 5.32 Å². The number of nitro benzene ring substituents is 1. The van der Waals surface area contributed by atoms with Crippen molar-refractivity contribution >= 4 is 29.3 Å². The summed E-state index contributed by atoms with van der Waals surface area (Å²) in [6.45, 7) is 8.26. The van der Waals surface area contributed by atoms with Gasteiger partial charge < -0.3 is 10.2 Å². The molecule has 0 saturated carbocycles. The molecule has 2 aromatic carbocycles.